The molecular weight excluding hydrogens is 256 g/mol. The minimum absolute atomic E-state index is 0.0346. The van der Waals surface area contributed by atoms with Gasteiger partial charge in [-0.2, -0.15) is 0 Å². The maximum Gasteiger partial charge on any atom is 0.140 e. The normalized spacial score (nSPS) is 12.5. The number of aryl methyl sites for hydroxylation is 3. The minimum Gasteiger partial charge on any atom is -0.486 e. The molecule has 1 aromatic carbocycles. The van der Waals surface area contributed by atoms with Gasteiger partial charge in [-0.25, -0.2) is 4.98 Å². The Balaban J connectivity index is 2.08. The lowest BCUT2D eigenvalue weighted by Gasteiger charge is -2.08. The maximum absolute atomic E-state index is 5.91. The highest BCUT2D eigenvalue weighted by Gasteiger charge is 2.11. The zero-order chi connectivity index (χ0) is 14.0. The van der Waals surface area contributed by atoms with Crippen molar-refractivity contribution in [3.05, 3.63) is 44.9 Å². The first-order valence-electron chi connectivity index (χ1n) is 6.39. The Labute approximate surface area is 118 Å². The third-order valence-corrected chi connectivity index (χ3v) is 4.30. The molecule has 0 aliphatic carbocycles. The minimum atomic E-state index is 0.0346. The first kappa shape index (κ1) is 14.0. The number of ether oxygens (including phenoxy) is 1. The summed E-state index contributed by atoms with van der Waals surface area (Å²) in [6.45, 7) is 8.62. The number of hydrogen-bond donors (Lipinski definition) is 1. The topological polar surface area (TPSA) is 48.1 Å². The summed E-state index contributed by atoms with van der Waals surface area (Å²) in [4.78, 5) is 5.65. The summed E-state index contributed by atoms with van der Waals surface area (Å²) < 4.78 is 5.83. The molecule has 0 amide bonds. The van der Waals surface area contributed by atoms with Crippen molar-refractivity contribution in [3.63, 3.8) is 0 Å². The van der Waals surface area contributed by atoms with Crippen LogP contribution in [0.15, 0.2) is 18.2 Å². The SMILES string of the molecule is Cc1ccc(OCc2nc(C)c(C(C)N)s2)c(C)c1. The average Bonchev–Trinajstić information content (AvgIpc) is 2.69. The molecule has 1 atom stereocenters. The van der Waals surface area contributed by atoms with Gasteiger partial charge in [-0.05, 0) is 39.3 Å². The van der Waals surface area contributed by atoms with Gasteiger partial charge in [-0.15, -0.1) is 11.3 Å². The Kier molecular flexibility index (Phi) is 4.22. The van der Waals surface area contributed by atoms with Crippen LogP contribution in [-0.2, 0) is 6.61 Å². The molecule has 0 saturated heterocycles. The summed E-state index contributed by atoms with van der Waals surface area (Å²) in [7, 11) is 0. The van der Waals surface area contributed by atoms with Crippen LogP contribution in [0.4, 0.5) is 0 Å². The smallest absolute Gasteiger partial charge is 0.140 e. The van der Waals surface area contributed by atoms with Crippen LogP contribution in [0.25, 0.3) is 0 Å². The van der Waals surface area contributed by atoms with E-state index in [0.29, 0.717) is 6.61 Å². The fraction of sp³-hybridized carbons (Fsp3) is 0.400. The second kappa shape index (κ2) is 5.72. The molecule has 19 heavy (non-hydrogen) atoms. The quantitative estimate of drug-likeness (QED) is 0.927. The fourth-order valence-corrected chi connectivity index (χ4v) is 2.98. The number of nitrogens with zero attached hydrogens (tertiary/aromatic N) is 1. The first-order chi connectivity index (χ1) is 8.97. The highest BCUT2D eigenvalue weighted by molar-refractivity contribution is 7.11. The molecule has 0 fully saturated rings. The van der Waals surface area contributed by atoms with Gasteiger partial charge in [-0.3, -0.25) is 0 Å². The van der Waals surface area contributed by atoms with Gasteiger partial charge < -0.3 is 10.5 Å². The number of rotatable bonds is 4. The largest absolute Gasteiger partial charge is 0.486 e. The Hall–Kier alpha value is -1.39. The Morgan fingerprint density at radius 2 is 2.05 bits per heavy atom. The molecule has 4 heteroatoms. The average molecular weight is 276 g/mol. The molecule has 0 spiro atoms. The summed E-state index contributed by atoms with van der Waals surface area (Å²) >= 11 is 1.63. The Morgan fingerprint density at radius 3 is 2.63 bits per heavy atom. The van der Waals surface area contributed by atoms with E-state index in [1.165, 1.54) is 5.56 Å². The molecule has 0 aliphatic heterocycles. The van der Waals surface area contributed by atoms with E-state index >= 15 is 0 Å². The summed E-state index contributed by atoms with van der Waals surface area (Å²) in [5, 5.41) is 0.977. The molecule has 0 radical (unpaired) electrons. The number of benzene rings is 1. The van der Waals surface area contributed by atoms with Crippen molar-refractivity contribution in [3.8, 4) is 5.75 Å². The maximum atomic E-state index is 5.91. The predicted molar refractivity (Wildman–Crippen MR) is 79.7 cm³/mol. The zero-order valence-electron chi connectivity index (χ0n) is 11.9. The van der Waals surface area contributed by atoms with Crippen LogP contribution in [0.1, 0.15) is 39.7 Å². The Bertz CT molecular complexity index is 576. The molecule has 0 aliphatic rings. The number of aromatic nitrogens is 1. The van der Waals surface area contributed by atoms with E-state index in [1.54, 1.807) is 11.3 Å². The highest BCUT2D eigenvalue weighted by atomic mass is 32.1. The summed E-state index contributed by atoms with van der Waals surface area (Å²) in [6.07, 6.45) is 0. The third kappa shape index (κ3) is 3.33. The summed E-state index contributed by atoms with van der Waals surface area (Å²) in [5.74, 6) is 0.917. The van der Waals surface area contributed by atoms with Crippen molar-refractivity contribution >= 4 is 11.3 Å². The second-order valence-electron chi connectivity index (χ2n) is 4.90. The van der Waals surface area contributed by atoms with Gasteiger partial charge in [0.25, 0.3) is 0 Å². The molecule has 102 valence electrons. The van der Waals surface area contributed by atoms with E-state index in [9.17, 15) is 0 Å². The molecule has 0 bridgehead atoms. The van der Waals surface area contributed by atoms with Crippen molar-refractivity contribution in [2.24, 2.45) is 5.73 Å². The molecule has 2 aromatic rings. The van der Waals surface area contributed by atoms with Crippen LogP contribution in [0, 0.1) is 20.8 Å². The van der Waals surface area contributed by atoms with Gasteiger partial charge in [0.2, 0.25) is 0 Å². The number of nitrogens with two attached hydrogens (primary N) is 1. The van der Waals surface area contributed by atoms with Crippen molar-refractivity contribution in [1.29, 1.82) is 0 Å². The van der Waals surface area contributed by atoms with E-state index in [-0.39, 0.29) is 6.04 Å². The van der Waals surface area contributed by atoms with Gasteiger partial charge in [0.1, 0.15) is 17.4 Å². The molecule has 1 aromatic heterocycles. The molecule has 0 saturated carbocycles. The van der Waals surface area contributed by atoms with Gasteiger partial charge >= 0.3 is 0 Å². The second-order valence-corrected chi connectivity index (χ2v) is 6.02. The molecule has 1 heterocycles. The monoisotopic (exact) mass is 276 g/mol. The van der Waals surface area contributed by atoms with Crippen molar-refractivity contribution in [2.75, 3.05) is 0 Å². The van der Waals surface area contributed by atoms with E-state index in [2.05, 4.69) is 31.0 Å². The third-order valence-electron chi connectivity index (χ3n) is 2.97. The van der Waals surface area contributed by atoms with Crippen molar-refractivity contribution < 1.29 is 4.74 Å². The van der Waals surface area contributed by atoms with Gasteiger partial charge in [0.05, 0.1) is 5.69 Å². The number of hydrogen-bond acceptors (Lipinski definition) is 4. The van der Waals surface area contributed by atoms with Crippen LogP contribution in [0.2, 0.25) is 0 Å². The van der Waals surface area contributed by atoms with E-state index in [4.69, 9.17) is 10.5 Å². The van der Waals surface area contributed by atoms with E-state index < -0.39 is 0 Å². The molecule has 1 unspecified atom stereocenters. The van der Waals surface area contributed by atoms with E-state index in [1.807, 2.05) is 19.9 Å². The Morgan fingerprint density at radius 1 is 1.32 bits per heavy atom. The standard InChI is InChI=1S/C15H20N2OS/c1-9-5-6-13(10(2)7-9)18-8-14-17-12(4)15(19-14)11(3)16/h5-7,11H,8,16H2,1-4H3. The van der Waals surface area contributed by atoms with Gasteiger partial charge in [0.15, 0.2) is 0 Å². The van der Waals surface area contributed by atoms with Crippen molar-refractivity contribution in [2.45, 2.75) is 40.3 Å². The van der Waals surface area contributed by atoms with Crippen LogP contribution in [0.3, 0.4) is 0 Å². The molecule has 2 N–H and O–H groups in total. The zero-order valence-corrected chi connectivity index (χ0v) is 12.7. The lowest BCUT2D eigenvalue weighted by atomic mass is 10.1. The van der Waals surface area contributed by atoms with Crippen LogP contribution in [0.5, 0.6) is 5.75 Å². The summed E-state index contributed by atoms with van der Waals surface area (Å²) in [6, 6.07) is 6.23. The molecular formula is C15H20N2OS. The van der Waals surface area contributed by atoms with Crippen LogP contribution in [-0.4, -0.2) is 4.98 Å². The lowest BCUT2D eigenvalue weighted by Crippen LogP contribution is -2.03. The lowest BCUT2D eigenvalue weighted by molar-refractivity contribution is 0.303. The van der Waals surface area contributed by atoms with Crippen molar-refractivity contribution in [1.82, 2.24) is 4.98 Å². The predicted octanol–water partition coefficient (Wildman–Crippen LogP) is 3.67. The summed E-state index contributed by atoms with van der Waals surface area (Å²) in [5.41, 5.74) is 9.32. The van der Waals surface area contributed by atoms with Crippen LogP contribution >= 0.6 is 11.3 Å². The van der Waals surface area contributed by atoms with E-state index in [0.717, 1.165) is 26.9 Å². The number of thiazole rings is 1. The van der Waals surface area contributed by atoms with Gasteiger partial charge in [0, 0.05) is 10.9 Å². The highest BCUT2D eigenvalue weighted by Crippen LogP contribution is 2.25. The fourth-order valence-electron chi connectivity index (χ4n) is 2.05. The molecule has 2 rings (SSSR count). The molecule has 3 nitrogen and oxygen atoms in total. The first-order valence-corrected chi connectivity index (χ1v) is 7.21. The van der Waals surface area contributed by atoms with Crippen LogP contribution < -0.4 is 10.5 Å². The van der Waals surface area contributed by atoms with Gasteiger partial charge in [-0.1, -0.05) is 17.7 Å².